The number of amides is 1. The van der Waals surface area contributed by atoms with Crippen molar-refractivity contribution in [1.29, 1.82) is 0 Å². The van der Waals surface area contributed by atoms with Gasteiger partial charge >= 0.3 is 0 Å². The van der Waals surface area contributed by atoms with Gasteiger partial charge in [-0.3, -0.25) is 4.79 Å². The number of halogens is 2. The molecule has 0 bridgehead atoms. The van der Waals surface area contributed by atoms with Crippen LogP contribution in [0, 0.1) is 11.6 Å². The number of imidazole rings is 1. The fourth-order valence-electron chi connectivity index (χ4n) is 2.92. The number of carbonyl (C=O) groups excluding carboxylic acids is 1. The van der Waals surface area contributed by atoms with Crippen molar-refractivity contribution in [2.45, 2.75) is 19.6 Å². The van der Waals surface area contributed by atoms with E-state index < -0.39 is 11.6 Å². The van der Waals surface area contributed by atoms with E-state index in [0.29, 0.717) is 17.9 Å². The molecule has 0 spiro atoms. The van der Waals surface area contributed by atoms with Crippen molar-refractivity contribution in [3.05, 3.63) is 65.5 Å². The minimum atomic E-state index is -0.708. The first-order valence-electron chi connectivity index (χ1n) is 8.15. The number of para-hydroxylation sites is 1. The Balaban J connectivity index is 1.47. The number of rotatable bonds is 4. The average Bonchev–Trinajstić information content (AvgIpc) is 3.27. The van der Waals surface area contributed by atoms with Gasteiger partial charge in [0.25, 0.3) is 5.91 Å². The molecule has 0 saturated heterocycles. The summed E-state index contributed by atoms with van der Waals surface area (Å²) in [5.41, 5.74) is 1.44. The zero-order valence-electron chi connectivity index (χ0n) is 13.7. The number of aromatic nitrogens is 4. The summed E-state index contributed by atoms with van der Waals surface area (Å²) in [5, 5.41) is 10.1. The summed E-state index contributed by atoms with van der Waals surface area (Å²) in [6, 6.07) is 5.21. The van der Waals surface area contributed by atoms with Gasteiger partial charge in [0.15, 0.2) is 17.3 Å². The highest BCUT2D eigenvalue weighted by Crippen LogP contribution is 2.17. The molecule has 4 rings (SSSR count). The molecule has 1 aromatic carbocycles. The van der Waals surface area contributed by atoms with Crippen LogP contribution in [0.15, 0.2) is 36.8 Å². The van der Waals surface area contributed by atoms with Crippen LogP contribution < -0.4 is 10.6 Å². The van der Waals surface area contributed by atoms with Crippen LogP contribution in [0.4, 0.5) is 8.78 Å². The van der Waals surface area contributed by atoms with Gasteiger partial charge in [0, 0.05) is 25.8 Å². The van der Waals surface area contributed by atoms with Crippen LogP contribution in [0.5, 0.6) is 0 Å². The molecule has 2 N–H and O–H groups in total. The molecule has 0 fully saturated rings. The van der Waals surface area contributed by atoms with Gasteiger partial charge in [-0.2, -0.15) is 5.10 Å². The minimum Gasteiger partial charge on any atom is -0.345 e. The summed E-state index contributed by atoms with van der Waals surface area (Å²) in [6.07, 6.45) is 3.10. The van der Waals surface area contributed by atoms with Crippen molar-refractivity contribution < 1.29 is 13.6 Å². The molecule has 3 heterocycles. The van der Waals surface area contributed by atoms with Gasteiger partial charge in [0.05, 0.1) is 24.3 Å². The summed E-state index contributed by atoms with van der Waals surface area (Å²) >= 11 is 0. The van der Waals surface area contributed by atoms with E-state index in [-0.39, 0.29) is 18.1 Å². The van der Waals surface area contributed by atoms with Crippen LogP contribution in [-0.2, 0) is 19.6 Å². The zero-order chi connectivity index (χ0) is 18.1. The predicted octanol–water partition coefficient (Wildman–Crippen LogP) is 1.38. The van der Waals surface area contributed by atoms with Crippen LogP contribution in [0.2, 0.25) is 0 Å². The molecule has 134 valence electrons. The Hall–Kier alpha value is -3.07. The highest BCUT2D eigenvalue weighted by Gasteiger charge is 2.20. The SMILES string of the molecule is O=C(NCc1ccn(-c2c(F)cccc2F)n1)c1ncn2c1CNCC2. The van der Waals surface area contributed by atoms with Gasteiger partial charge in [-0.15, -0.1) is 0 Å². The van der Waals surface area contributed by atoms with Crippen LogP contribution >= 0.6 is 0 Å². The Morgan fingerprint density at radius 1 is 1.27 bits per heavy atom. The van der Waals surface area contributed by atoms with E-state index in [1.165, 1.54) is 12.3 Å². The lowest BCUT2D eigenvalue weighted by Crippen LogP contribution is -2.31. The predicted molar refractivity (Wildman–Crippen MR) is 88.6 cm³/mol. The third-order valence-electron chi connectivity index (χ3n) is 4.22. The standard InChI is InChI=1S/C17H16F2N6O/c18-12-2-1-3-13(19)16(12)25-6-4-11(23-25)8-21-17(26)15-14-9-20-5-7-24(14)10-22-15/h1-4,6,10,20H,5,7-9H2,(H,21,26). The monoisotopic (exact) mass is 358 g/mol. The molecule has 2 aromatic heterocycles. The molecule has 1 aliphatic heterocycles. The molecule has 3 aromatic rings. The van der Waals surface area contributed by atoms with Gasteiger partial charge in [0.2, 0.25) is 0 Å². The second kappa shape index (κ2) is 6.68. The van der Waals surface area contributed by atoms with Crippen molar-refractivity contribution >= 4 is 5.91 Å². The number of nitrogens with zero attached hydrogens (tertiary/aromatic N) is 4. The molecular formula is C17H16F2N6O. The maximum atomic E-state index is 13.8. The molecule has 0 saturated carbocycles. The van der Waals surface area contributed by atoms with E-state index in [2.05, 4.69) is 20.7 Å². The molecule has 1 aliphatic rings. The van der Waals surface area contributed by atoms with Gasteiger partial charge in [-0.05, 0) is 18.2 Å². The van der Waals surface area contributed by atoms with E-state index in [0.717, 1.165) is 35.6 Å². The van der Waals surface area contributed by atoms with Crippen molar-refractivity contribution in [2.75, 3.05) is 6.54 Å². The number of hydrogen-bond donors (Lipinski definition) is 2. The minimum absolute atomic E-state index is 0.127. The zero-order valence-corrected chi connectivity index (χ0v) is 13.7. The maximum Gasteiger partial charge on any atom is 0.272 e. The van der Waals surface area contributed by atoms with Crippen molar-refractivity contribution in [3.63, 3.8) is 0 Å². The summed E-state index contributed by atoms with van der Waals surface area (Å²) in [5.74, 6) is -1.73. The highest BCUT2D eigenvalue weighted by molar-refractivity contribution is 5.93. The third kappa shape index (κ3) is 2.97. The smallest absolute Gasteiger partial charge is 0.272 e. The Kier molecular flexibility index (Phi) is 4.21. The quantitative estimate of drug-likeness (QED) is 0.739. The fourth-order valence-corrected chi connectivity index (χ4v) is 2.92. The number of carbonyl (C=O) groups is 1. The Bertz CT molecular complexity index is 944. The van der Waals surface area contributed by atoms with E-state index in [1.54, 1.807) is 12.4 Å². The van der Waals surface area contributed by atoms with Gasteiger partial charge in [0.1, 0.15) is 5.69 Å². The first kappa shape index (κ1) is 16.4. The lowest BCUT2D eigenvalue weighted by atomic mass is 10.2. The summed E-state index contributed by atoms with van der Waals surface area (Å²) in [7, 11) is 0. The average molecular weight is 358 g/mol. The van der Waals surface area contributed by atoms with Gasteiger partial charge in [-0.25, -0.2) is 18.4 Å². The van der Waals surface area contributed by atoms with Crippen molar-refractivity contribution in [3.8, 4) is 5.69 Å². The first-order valence-corrected chi connectivity index (χ1v) is 8.15. The van der Waals surface area contributed by atoms with E-state index >= 15 is 0 Å². The first-order chi connectivity index (χ1) is 12.6. The molecule has 26 heavy (non-hydrogen) atoms. The topological polar surface area (TPSA) is 76.8 Å². The van der Waals surface area contributed by atoms with Crippen LogP contribution in [0.1, 0.15) is 21.9 Å². The Morgan fingerprint density at radius 2 is 2.08 bits per heavy atom. The van der Waals surface area contributed by atoms with Crippen molar-refractivity contribution in [2.24, 2.45) is 0 Å². The Labute approximate surface area is 147 Å². The van der Waals surface area contributed by atoms with Gasteiger partial charge in [-0.1, -0.05) is 6.07 Å². The van der Waals surface area contributed by atoms with Crippen molar-refractivity contribution in [1.82, 2.24) is 30.0 Å². The normalized spacial score (nSPS) is 13.5. The highest BCUT2D eigenvalue weighted by atomic mass is 19.1. The number of fused-ring (bicyclic) bond motifs is 1. The number of nitrogens with one attached hydrogen (secondary N) is 2. The van der Waals surface area contributed by atoms with Gasteiger partial charge < -0.3 is 15.2 Å². The largest absolute Gasteiger partial charge is 0.345 e. The lowest BCUT2D eigenvalue weighted by molar-refractivity contribution is 0.0944. The van der Waals surface area contributed by atoms with E-state index in [4.69, 9.17) is 0 Å². The molecule has 9 heteroatoms. The molecular weight excluding hydrogens is 342 g/mol. The van der Waals surface area contributed by atoms with E-state index in [1.807, 2.05) is 4.57 Å². The molecule has 0 aliphatic carbocycles. The van der Waals surface area contributed by atoms with Crippen LogP contribution in [0.25, 0.3) is 5.69 Å². The molecule has 1 amide bonds. The second-order valence-corrected chi connectivity index (χ2v) is 5.91. The third-order valence-corrected chi connectivity index (χ3v) is 4.22. The summed E-state index contributed by atoms with van der Waals surface area (Å²) in [4.78, 5) is 16.5. The maximum absolute atomic E-state index is 13.8. The van der Waals surface area contributed by atoms with Crippen LogP contribution in [-0.4, -0.2) is 31.8 Å². The lowest BCUT2D eigenvalue weighted by Gasteiger charge is -2.16. The number of benzene rings is 1. The molecule has 0 atom stereocenters. The molecule has 0 radical (unpaired) electrons. The Morgan fingerprint density at radius 3 is 2.88 bits per heavy atom. The summed E-state index contributed by atoms with van der Waals surface area (Å²) < 4.78 is 30.7. The van der Waals surface area contributed by atoms with Crippen LogP contribution in [0.3, 0.4) is 0 Å². The van der Waals surface area contributed by atoms with E-state index in [9.17, 15) is 13.6 Å². The number of hydrogen-bond acceptors (Lipinski definition) is 4. The summed E-state index contributed by atoms with van der Waals surface area (Å²) in [6.45, 7) is 2.33. The molecule has 0 unspecified atom stereocenters. The second-order valence-electron chi connectivity index (χ2n) is 5.91. The molecule has 7 nitrogen and oxygen atoms in total. The fraction of sp³-hybridized carbons (Fsp3) is 0.235.